The van der Waals surface area contributed by atoms with E-state index in [9.17, 15) is 4.79 Å². The molecule has 2 aliphatic rings. The van der Waals surface area contributed by atoms with Crippen LogP contribution < -0.4 is 5.32 Å². The largest absolute Gasteiger partial charge is 0.340 e. The summed E-state index contributed by atoms with van der Waals surface area (Å²) in [6, 6.07) is 8.09. The van der Waals surface area contributed by atoms with Crippen molar-refractivity contribution in [2.75, 3.05) is 39.3 Å². The first kappa shape index (κ1) is 17.2. The molecule has 7 heteroatoms. The second-order valence-corrected chi connectivity index (χ2v) is 7.07. The SMILES string of the molecule is Cc1nc(CN2CCN(C(=O)c3ccccc3C3CCNC3)CC2)no1. The number of aryl methyl sites for hydroxylation is 1. The van der Waals surface area contributed by atoms with Gasteiger partial charge in [-0.2, -0.15) is 4.98 Å². The number of hydrogen-bond donors (Lipinski definition) is 1. The lowest BCUT2D eigenvalue weighted by Crippen LogP contribution is -2.48. The molecule has 1 aromatic carbocycles. The predicted molar refractivity (Wildman–Crippen MR) is 96.9 cm³/mol. The molecule has 138 valence electrons. The van der Waals surface area contributed by atoms with Crippen LogP contribution in [0.1, 0.15) is 40.0 Å². The van der Waals surface area contributed by atoms with Gasteiger partial charge < -0.3 is 14.7 Å². The molecule has 1 aromatic heterocycles. The maximum Gasteiger partial charge on any atom is 0.254 e. The second-order valence-electron chi connectivity index (χ2n) is 7.07. The molecule has 3 heterocycles. The standard InChI is InChI=1S/C19H25N5O2/c1-14-21-18(22-26-14)13-23-8-10-24(11-9-23)19(25)17-5-3-2-4-16(17)15-6-7-20-12-15/h2-5,15,20H,6-13H2,1H3. The zero-order chi connectivity index (χ0) is 17.9. The summed E-state index contributed by atoms with van der Waals surface area (Å²) in [6.45, 7) is 7.57. The van der Waals surface area contributed by atoms with Crippen LogP contribution in [-0.2, 0) is 6.54 Å². The molecule has 1 atom stereocenters. The van der Waals surface area contributed by atoms with Crippen LogP contribution >= 0.6 is 0 Å². The van der Waals surface area contributed by atoms with Gasteiger partial charge in [-0.1, -0.05) is 23.4 Å². The molecule has 2 aromatic rings. The van der Waals surface area contributed by atoms with Gasteiger partial charge in [0.1, 0.15) is 0 Å². The van der Waals surface area contributed by atoms with Crippen molar-refractivity contribution in [2.45, 2.75) is 25.8 Å². The normalized spacial score (nSPS) is 21.3. The Morgan fingerprint density at radius 1 is 1.27 bits per heavy atom. The van der Waals surface area contributed by atoms with Crippen molar-refractivity contribution in [1.29, 1.82) is 0 Å². The molecule has 1 N–H and O–H groups in total. The van der Waals surface area contributed by atoms with Crippen LogP contribution in [0, 0.1) is 6.92 Å². The molecule has 2 fully saturated rings. The minimum absolute atomic E-state index is 0.155. The Balaban J connectivity index is 1.39. The number of aromatic nitrogens is 2. The first-order chi connectivity index (χ1) is 12.7. The number of amides is 1. The van der Waals surface area contributed by atoms with Crippen molar-refractivity contribution in [2.24, 2.45) is 0 Å². The third-order valence-corrected chi connectivity index (χ3v) is 5.29. The number of rotatable bonds is 4. The monoisotopic (exact) mass is 355 g/mol. The van der Waals surface area contributed by atoms with E-state index >= 15 is 0 Å². The Labute approximate surface area is 153 Å². The number of hydrogen-bond acceptors (Lipinski definition) is 6. The van der Waals surface area contributed by atoms with Crippen LogP contribution in [0.25, 0.3) is 0 Å². The molecular weight excluding hydrogens is 330 g/mol. The Kier molecular flexibility index (Phi) is 4.99. The number of nitrogens with zero attached hydrogens (tertiary/aromatic N) is 4. The van der Waals surface area contributed by atoms with E-state index < -0.39 is 0 Å². The molecule has 0 saturated carbocycles. The third-order valence-electron chi connectivity index (χ3n) is 5.29. The van der Waals surface area contributed by atoms with Gasteiger partial charge in [0.2, 0.25) is 5.89 Å². The quantitative estimate of drug-likeness (QED) is 0.894. The van der Waals surface area contributed by atoms with E-state index in [1.165, 1.54) is 5.56 Å². The minimum Gasteiger partial charge on any atom is -0.340 e. The van der Waals surface area contributed by atoms with Gasteiger partial charge in [0.05, 0.1) is 6.54 Å². The highest BCUT2D eigenvalue weighted by Gasteiger charge is 2.27. The van der Waals surface area contributed by atoms with E-state index in [1.807, 2.05) is 23.1 Å². The van der Waals surface area contributed by atoms with Crippen LogP contribution in [0.3, 0.4) is 0 Å². The van der Waals surface area contributed by atoms with E-state index in [0.29, 0.717) is 24.2 Å². The summed E-state index contributed by atoms with van der Waals surface area (Å²) in [5.74, 6) is 1.90. The van der Waals surface area contributed by atoms with Gasteiger partial charge in [0, 0.05) is 45.2 Å². The fourth-order valence-electron chi connectivity index (χ4n) is 3.85. The van der Waals surface area contributed by atoms with Crippen LogP contribution in [-0.4, -0.2) is 65.1 Å². The molecule has 2 aliphatic heterocycles. The molecule has 0 spiro atoms. The van der Waals surface area contributed by atoms with E-state index in [2.05, 4.69) is 26.4 Å². The highest BCUT2D eigenvalue weighted by Crippen LogP contribution is 2.26. The molecule has 1 unspecified atom stereocenters. The topological polar surface area (TPSA) is 74.5 Å². The lowest BCUT2D eigenvalue weighted by Gasteiger charge is -2.34. The van der Waals surface area contributed by atoms with Gasteiger partial charge in [0.25, 0.3) is 5.91 Å². The first-order valence-corrected chi connectivity index (χ1v) is 9.31. The number of benzene rings is 1. The summed E-state index contributed by atoms with van der Waals surface area (Å²) in [6.07, 6.45) is 1.10. The molecule has 2 saturated heterocycles. The van der Waals surface area contributed by atoms with Gasteiger partial charge in [-0.15, -0.1) is 0 Å². The molecular formula is C19H25N5O2. The number of carbonyl (C=O) groups excluding carboxylic acids is 1. The van der Waals surface area contributed by atoms with Crippen molar-refractivity contribution >= 4 is 5.91 Å². The van der Waals surface area contributed by atoms with E-state index in [0.717, 1.165) is 51.3 Å². The zero-order valence-electron chi connectivity index (χ0n) is 15.1. The van der Waals surface area contributed by atoms with Gasteiger partial charge in [-0.05, 0) is 30.5 Å². The van der Waals surface area contributed by atoms with Gasteiger partial charge in [0.15, 0.2) is 5.82 Å². The summed E-state index contributed by atoms with van der Waals surface area (Å²) >= 11 is 0. The number of carbonyl (C=O) groups is 1. The fourth-order valence-corrected chi connectivity index (χ4v) is 3.85. The van der Waals surface area contributed by atoms with Crippen LogP contribution in [0.15, 0.2) is 28.8 Å². The second kappa shape index (κ2) is 7.55. The molecule has 0 radical (unpaired) electrons. The molecule has 7 nitrogen and oxygen atoms in total. The summed E-state index contributed by atoms with van der Waals surface area (Å²) in [5.41, 5.74) is 2.05. The molecule has 4 rings (SSSR count). The zero-order valence-corrected chi connectivity index (χ0v) is 15.1. The fraction of sp³-hybridized carbons (Fsp3) is 0.526. The van der Waals surface area contributed by atoms with Crippen molar-refractivity contribution in [3.8, 4) is 0 Å². The average molecular weight is 355 g/mol. The third kappa shape index (κ3) is 3.64. The molecule has 0 bridgehead atoms. The summed E-state index contributed by atoms with van der Waals surface area (Å²) in [5, 5.41) is 7.35. The van der Waals surface area contributed by atoms with Crippen LogP contribution in [0.5, 0.6) is 0 Å². The minimum atomic E-state index is 0.155. The van der Waals surface area contributed by atoms with Crippen molar-refractivity contribution in [3.05, 3.63) is 47.1 Å². The highest BCUT2D eigenvalue weighted by atomic mass is 16.5. The van der Waals surface area contributed by atoms with Crippen molar-refractivity contribution < 1.29 is 9.32 Å². The highest BCUT2D eigenvalue weighted by molar-refractivity contribution is 5.96. The lowest BCUT2D eigenvalue weighted by atomic mass is 9.93. The van der Waals surface area contributed by atoms with E-state index in [4.69, 9.17) is 4.52 Å². The van der Waals surface area contributed by atoms with E-state index in [-0.39, 0.29) is 5.91 Å². The van der Waals surface area contributed by atoms with Crippen LogP contribution in [0.2, 0.25) is 0 Å². The van der Waals surface area contributed by atoms with Crippen LogP contribution in [0.4, 0.5) is 0 Å². The van der Waals surface area contributed by atoms with Gasteiger partial charge in [-0.25, -0.2) is 0 Å². The molecule has 26 heavy (non-hydrogen) atoms. The Morgan fingerprint density at radius 2 is 2.08 bits per heavy atom. The molecule has 1 amide bonds. The summed E-state index contributed by atoms with van der Waals surface area (Å²) in [4.78, 5) is 21.6. The Bertz CT molecular complexity index is 761. The van der Waals surface area contributed by atoms with Crippen molar-refractivity contribution in [3.63, 3.8) is 0 Å². The molecule has 0 aliphatic carbocycles. The average Bonchev–Trinajstić information content (AvgIpc) is 3.34. The maximum absolute atomic E-state index is 13.1. The Hall–Kier alpha value is -2.25. The summed E-state index contributed by atoms with van der Waals surface area (Å²) < 4.78 is 5.03. The van der Waals surface area contributed by atoms with E-state index in [1.54, 1.807) is 6.92 Å². The lowest BCUT2D eigenvalue weighted by molar-refractivity contribution is 0.0623. The summed E-state index contributed by atoms with van der Waals surface area (Å²) in [7, 11) is 0. The number of piperazine rings is 1. The van der Waals surface area contributed by atoms with Gasteiger partial charge in [-0.3, -0.25) is 9.69 Å². The Morgan fingerprint density at radius 3 is 2.77 bits per heavy atom. The van der Waals surface area contributed by atoms with Gasteiger partial charge >= 0.3 is 0 Å². The smallest absolute Gasteiger partial charge is 0.254 e. The number of nitrogens with one attached hydrogen (secondary N) is 1. The maximum atomic E-state index is 13.1. The predicted octanol–water partition coefficient (Wildman–Crippen LogP) is 1.41. The van der Waals surface area contributed by atoms with Crippen molar-refractivity contribution in [1.82, 2.24) is 25.3 Å². The first-order valence-electron chi connectivity index (χ1n) is 9.31.